The number of hydrogen-bond donors (Lipinski definition) is 0. The van der Waals surface area contributed by atoms with Crippen LogP contribution in [0.3, 0.4) is 0 Å². The summed E-state index contributed by atoms with van der Waals surface area (Å²) in [5.41, 5.74) is 2.04. The van der Waals surface area contributed by atoms with Crippen molar-refractivity contribution in [2.24, 2.45) is 5.92 Å². The summed E-state index contributed by atoms with van der Waals surface area (Å²) >= 11 is 0. The van der Waals surface area contributed by atoms with E-state index in [1.807, 2.05) is 30.3 Å². The van der Waals surface area contributed by atoms with E-state index in [2.05, 4.69) is 19.6 Å². The first-order valence-electron chi connectivity index (χ1n) is 20.9. The fraction of sp³-hybridized carbons (Fsp3) is 0.609. The quantitative estimate of drug-likeness (QED) is 0.0275. The lowest BCUT2D eigenvalue weighted by atomic mass is 9.77. The average molecular weight is 763 g/mol. The summed E-state index contributed by atoms with van der Waals surface area (Å²) in [6, 6.07) is 15.2. The zero-order valence-corrected chi connectivity index (χ0v) is 33.6. The molecule has 1 aliphatic carbocycles. The van der Waals surface area contributed by atoms with E-state index in [4.69, 9.17) is 23.7 Å². The van der Waals surface area contributed by atoms with Gasteiger partial charge in [0.15, 0.2) is 0 Å². The number of ether oxygens (including phenoxy) is 5. The molecule has 3 rings (SSSR count). The average Bonchev–Trinajstić information content (AvgIpc) is 3.19. The van der Waals surface area contributed by atoms with Crippen LogP contribution in [0.15, 0.2) is 60.7 Å². The third kappa shape index (κ3) is 19.3. The molecule has 0 spiro atoms. The molecule has 0 heterocycles. The zero-order valence-electron chi connectivity index (χ0n) is 33.6. The molecule has 9 nitrogen and oxygen atoms in total. The summed E-state index contributed by atoms with van der Waals surface area (Å²) in [4.78, 5) is 48.7. The molecule has 2 aromatic carbocycles. The zero-order chi connectivity index (χ0) is 39.5. The van der Waals surface area contributed by atoms with Gasteiger partial charge in [0.25, 0.3) is 0 Å². The highest BCUT2D eigenvalue weighted by molar-refractivity contribution is 5.94. The Kier molecular flexibility index (Phi) is 22.6. The minimum Gasteiger partial charge on any atom is -0.493 e. The number of carbonyl (C=O) groups is 4. The number of hydrogen-bond acceptors (Lipinski definition) is 9. The maximum absolute atomic E-state index is 13.4. The van der Waals surface area contributed by atoms with Crippen LogP contribution in [0.5, 0.6) is 11.5 Å². The number of esters is 4. The van der Waals surface area contributed by atoms with Crippen LogP contribution in [0.4, 0.5) is 0 Å². The molecule has 1 aliphatic rings. The predicted octanol–water partition coefficient (Wildman–Crippen LogP) is 11.0. The Hall–Kier alpha value is -4.14. The van der Waals surface area contributed by atoms with Crippen LogP contribution < -0.4 is 9.47 Å². The smallest absolute Gasteiger partial charge is 0.347 e. The lowest BCUT2D eigenvalue weighted by Crippen LogP contribution is -2.15. The molecule has 1 fully saturated rings. The summed E-state index contributed by atoms with van der Waals surface area (Å²) in [6.45, 7) is 8.95. The van der Waals surface area contributed by atoms with Crippen molar-refractivity contribution < 1.29 is 42.9 Å². The number of benzene rings is 2. The summed E-state index contributed by atoms with van der Waals surface area (Å²) in [6.07, 6.45) is 18.5. The molecule has 0 saturated heterocycles. The second-order valence-electron chi connectivity index (χ2n) is 14.9. The van der Waals surface area contributed by atoms with Gasteiger partial charge in [-0.1, -0.05) is 63.5 Å². The fourth-order valence-electron chi connectivity index (χ4n) is 6.85. The van der Waals surface area contributed by atoms with Crippen LogP contribution in [-0.4, -0.2) is 50.3 Å². The standard InChI is InChI=1S/C46H66O9/c1-4-5-11-20-37-25-27-38(28-26-37)39-29-30-42(41(35-39)46(50)55-40-21-12-8-13-22-40)51-31-16-6-7-17-32-52-43(47)23-14-9-18-33-53-44(48)24-15-10-19-34-54-45(49)36(2)3/h8,12-13,21-22,29-30,35,37-38H,2,4-7,9-11,14-20,23-28,31-34H2,1,3H3. The summed E-state index contributed by atoms with van der Waals surface area (Å²) in [7, 11) is 0. The molecule has 0 atom stereocenters. The Bertz CT molecular complexity index is 1430. The Labute approximate surface area is 329 Å². The largest absolute Gasteiger partial charge is 0.493 e. The van der Waals surface area contributed by atoms with E-state index in [1.165, 1.54) is 44.1 Å². The number of unbranched alkanes of at least 4 members (excludes halogenated alkanes) is 9. The van der Waals surface area contributed by atoms with Crippen LogP contribution in [0.1, 0.15) is 164 Å². The minimum atomic E-state index is -0.401. The van der Waals surface area contributed by atoms with E-state index in [-0.39, 0.29) is 17.9 Å². The Balaban J connectivity index is 1.25. The highest BCUT2D eigenvalue weighted by Gasteiger charge is 2.25. The van der Waals surface area contributed by atoms with Crippen LogP contribution in [0, 0.1) is 5.92 Å². The van der Waals surface area contributed by atoms with Gasteiger partial charge in [0.1, 0.15) is 17.1 Å². The van der Waals surface area contributed by atoms with Crippen molar-refractivity contribution in [2.45, 2.75) is 148 Å². The Morgan fingerprint density at radius 3 is 1.84 bits per heavy atom. The van der Waals surface area contributed by atoms with Crippen molar-refractivity contribution >= 4 is 23.9 Å². The molecule has 0 aliphatic heterocycles. The highest BCUT2D eigenvalue weighted by Crippen LogP contribution is 2.39. The van der Waals surface area contributed by atoms with Crippen LogP contribution in [0.2, 0.25) is 0 Å². The molecule has 0 N–H and O–H groups in total. The van der Waals surface area contributed by atoms with E-state index in [9.17, 15) is 19.2 Å². The van der Waals surface area contributed by atoms with E-state index in [1.54, 1.807) is 19.1 Å². The van der Waals surface area contributed by atoms with E-state index >= 15 is 0 Å². The van der Waals surface area contributed by atoms with Gasteiger partial charge in [-0.05, 0) is 138 Å². The van der Waals surface area contributed by atoms with Gasteiger partial charge < -0.3 is 23.7 Å². The van der Waals surface area contributed by atoms with Gasteiger partial charge in [-0.2, -0.15) is 0 Å². The van der Waals surface area contributed by atoms with E-state index in [0.29, 0.717) is 93.5 Å². The van der Waals surface area contributed by atoms with Gasteiger partial charge >= 0.3 is 23.9 Å². The molecule has 1 saturated carbocycles. The van der Waals surface area contributed by atoms with Gasteiger partial charge in [0.2, 0.25) is 0 Å². The van der Waals surface area contributed by atoms with Gasteiger partial charge in [-0.25, -0.2) is 9.59 Å². The summed E-state index contributed by atoms with van der Waals surface area (Å²) in [5.74, 6) is 1.12. The Morgan fingerprint density at radius 1 is 0.655 bits per heavy atom. The third-order valence-corrected chi connectivity index (χ3v) is 10.2. The molecule has 0 aromatic heterocycles. The topological polar surface area (TPSA) is 114 Å². The number of rotatable bonds is 28. The van der Waals surface area contributed by atoms with Crippen molar-refractivity contribution in [1.29, 1.82) is 0 Å². The van der Waals surface area contributed by atoms with E-state index in [0.717, 1.165) is 57.3 Å². The number of para-hydroxylation sites is 1. The second-order valence-corrected chi connectivity index (χ2v) is 14.9. The third-order valence-electron chi connectivity index (χ3n) is 10.2. The summed E-state index contributed by atoms with van der Waals surface area (Å²) in [5, 5.41) is 0. The lowest BCUT2D eigenvalue weighted by Gasteiger charge is -2.29. The maximum Gasteiger partial charge on any atom is 0.347 e. The molecule has 0 unspecified atom stereocenters. The van der Waals surface area contributed by atoms with Crippen LogP contribution >= 0.6 is 0 Å². The Morgan fingerprint density at radius 2 is 1.24 bits per heavy atom. The van der Waals surface area contributed by atoms with Crippen LogP contribution in [0.25, 0.3) is 0 Å². The number of carbonyl (C=O) groups excluding carboxylic acids is 4. The van der Waals surface area contributed by atoms with Crippen molar-refractivity contribution in [3.8, 4) is 11.5 Å². The van der Waals surface area contributed by atoms with Crippen molar-refractivity contribution in [1.82, 2.24) is 0 Å². The molecule has 0 amide bonds. The SMILES string of the molecule is C=C(C)C(=O)OCCCCCC(=O)OCCCCCC(=O)OCCCCCCOc1ccc(C2CCC(CCCCC)CC2)cc1C(=O)Oc1ccccc1. The van der Waals surface area contributed by atoms with Crippen molar-refractivity contribution in [2.75, 3.05) is 26.4 Å². The first kappa shape index (κ1) is 45.3. The normalized spacial score (nSPS) is 15.2. The molecule has 2 aromatic rings. The highest BCUT2D eigenvalue weighted by atomic mass is 16.5. The molecule has 0 radical (unpaired) electrons. The monoisotopic (exact) mass is 762 g/mol. The van der Waals surface area contributed by atoms with Crippen molar-refractivity contribution in [3.05, 3.63) is 71.8 Å². The molecule has 304 valence electrons. The molecular formula is C46H66O9. The van der Waals surface area contributed by atoms with Gasteiger partial charge in [0.05, 0.1) is 26.4 Å². The van der Waals surface area contributed by atoms with Gasteiger partial charge in [-0.15, -0.1) is 0 Å². The molecule has 9 heteroatoms. The molecular weight excluding hydrogens is 696 g/mol. The van der Waals surface area contributed by atoms with E-state index < -0.39 is 5.97 Å². The molecule has 0 bridgehead atoms. The van der Waals surface area contributed by atoms with Gasteiger partial charge in [-0.3, -0.25) is 9.59 Å². The molecule has 55 heavy (non-hydrogen) atoms. The van der Waals surface area contributed by atoms with Crippen LogP contribution in [-0.2, 0) is 28.6 Å². The minimum absolute atomic E-state index is 0.201. The first-order chi connectivity index (χ1) is 26.8. The maximum atomic E-state index is 13.4. The predicted molar refractivity (Wildman–Crippen MR) is 215 cm³/mol. The summed E-state index contributed by atoms with van der Waals surface area (Å²) < 4.78 is 27.6. The lowest BCUT2D eigenvalue weighted by molar-refractivity contribution is -0.145. The first-order valence-corrected chi connectivity index (χ1v) is 20.9. The fourth-order valence-corrected chi connectivity index (χ4v) is 6.85. The van der Waals surface area contributed by atoms with Gasteiger partial charge in [0, 0.05) is 18.4 Å². The van der Waals surface area contributed by atoms with Crippen molar-refractivity contribution in [3.63, 3.8) is 0 Å². The second kappa shape index (κ2) is 27.4.